The fourth-order valence-electron chi connectivity index (χ4n) is 2.05. The van der Waals surface area contributed by atoms with E-state index in [1.165, 1.54) is 0 Å². The molecular formula is C12H10BrN3O. The first-order valence-electron chi connectivity index (χ1n) is 5.40. The van der Waals surface area contributed by atoms with Crippen molar-refractivity contribution in [3.05, 3.63) is 30.6 Å². The van der Waals surface area contributed by atoms with Crippen LogP contribution in [0.25, 0.3) is 10.9 Å². The van der Waals surface area contributed by atoms with Crippen LogP contribution in [0, 0.1) is 0 Å². The Hall–Kier alpha value is -1.49. The SMILES string of the molecule is O=C1CC(Br)CN1c1nccc2cccnc12. The van der Waals surface area contributed by atoms with Gasteiger partial charge in [-0.2, -0.15) is 0 Å². The lowest BCUT2D eigenvalue weighted by atomic mass is 10.2. The molecule has 0 saturated carbocycles. The summed E-state index contributed by atoms with van der Waals surface area (Å²) < 4.78 is 0. The van der Waals surface area contributed by atoms with Crippen LogP contribution in [0.3, 0.4) is 0 Å². The van der Waals surface area contributed by atoms with Crippen molar-refractivity contribution in [1.29, 1.82) is 0 Å². The van der Waals surface area contributed by atoms with Crippen LogP contribution in [0.4, 0.5) is 5.82 Å². The van der Waals surface area contributed by atoms with Gasteiger partial charge < -0.3 is 0 Å². The Kier molecular flexibility index (Phi) is 2.55. The van der Waals surface area contributed by atoms with E-state index >= 15 is 0 Å². The van der Waals surface area contributed by atoms with Crippen LogP contribution in [-0.2, 0) is 4.79 Å². The Morgan fingerprint density at radius 3 is 2.94 bits per heavy atom. The molecule has 0 N–H and O–H groups in total. The number of rotatable bonds is 1. The molecule has 1 atom stereocenters. The van der Waals surface area contributed by atoms with Crippen LogP contribution in [0.2, 0.25) is 0 Å². The minimum atomic E-state index is 0.0949. The maximum atomic E-state index is 11.9. The van der Waals surface area contributed by atoms with E-state index in [-0.39, 0.29) is 10.7 Å². The van der Waals surface area contributed by atoms with Crippen LogP contribution in [0.15, 0.2) is 30.6 Å². The second-order valence-electron chi connectivity index (χ2n) is 4.02. The molecule has 5 heteroatoms. The third kappa shape index (κ3) is 1.80. The highest BCUT2D eigenvalue weighted by molar-refractivity contribution is 9.09. The lowest BCUT2D eigenvalue weighted by Gasteiger charge is -2.15. The predicted molar refractivity (Wildman–Crippen MR) is 69.2 cm³/mol. The number of carbonyl (C=O) groups is 1. The molecular weight excluding hydrogens is 282 g/mol. The van der Waals surface area contributed by atoms with Crippen LogP contribution < -0.4 is 4.90 Å². The van der Waals surface area contributed by atoms with Crippen molar-refractivity contribution in [3.8, 4) is 0 Å². The molecule has 1 amide bonds. The molecule has 1 aliphatic rings. The summed E-state index contributed by atoms with van der Waals surface area (Å²) in [6, 6.07) is 5.75. The summed E-state index contributed by atoms with van der Waals surface area (Å²) in [5.41, 5.74) is 0.782. The van der Waals surface area contributed by atoms with Crippen molar-refractivity contribution in [2.45, 2.75) is 11.2 Å². The minimum absolute atomic E-state index is 0.0949. The summed E-state index contributed by atoms with van der Waals surface area (Å²) in [6.45, 7) is 0.654. The maximum Gasteiger partial charge on any atom is 0.229 e. The number of aromatic nitrogens is 2. The van der Waals surface area contributed by atoms with Crippen molar-refractivity contribution in [1.82, 2.24) is 9.97 Å². The van der Waals surface area contributed by atoms with Crippen molar-refractivity contribution in [2.24, 2.45) is 0 Å². The lowest BCUT2D eigenvalue weighted by molar-refractivity contribution is -0.117. The van der Waals surface area contributed by atoms with Gasteiger partial charge in [0.25, 0.3) is 0 Å². The molecule has 0 radical (unpaired) electrons. The molecule has 2 aromatic rings. The Labute approximate surface area is 107 Å². The number of hydrogen-bond donors (Lipinski definition) is 0. The van der Waals surface area contributed by atoms with Gasteiger partial charge in [0.15, 0.2) is 5.82 Å². The van der Waals surface area contributed by atoms with E-state index in [1.54, 1.807) is 17.3 Å². The van der Waals surface area contributed by atoms with Gasteiger partial charge in [-0.1, -0.05) is 22.0 Å². The number of alkyl halides is 1. The van der Waals surface area contributed by atoms with Crippen molar-refractivity contribution in [2.75, 3.05) is 11.4 Å². The van der Waals surface area contributed by atoms with Gasteiger partial charge in [-0.05, 0) is 12.1 Å². The van der Waals surface area contributed by atoms with Crippen molar-refractivity contribution >= 4 is 38.6 Å². The number of hydrogen-bond acceptors (Lipinski definition) is 3. The average Bonchev–Trinajstić information content (AvgIpc) is 2.68. The van der Waals surface area contributed by atoms with E-state index in [4.69, 9.17) is 0 Å². The zero-order valence-electron chi connectivity index (χ0n) is 9.01. The molecule has 1 fully saturated rings. The summed E-state index contributed by atoms with van der Waals surface area (Å²) in [6.07, 6.45) is 3.96. The third-order valence-electron chi connectivity index (χ3n) is 2.84. The van der Waals surface area contributed by atoms with Gasteiger partial charge in [0.2, 0.25) is 5.91 Å². The first-order chi connectivity index (χ1) is 8.25. The summed E-state index contributed by atoms with van der Waals surface area (Å²) in [5, 5.41) is 1.00. The summed E-state index contributed by atoms with van der Waals surface area (Å²) >= 11 is 3.47. The number of halogens is 1. The molecule has 1 aliphatic heterocycles. The summed E-state index contributed by atoms with van der Waals surface area (Å²) in [7, 11) is 0. The van der Waals surface area contributed by atoms with Crippen LogP contribution in [0.1, 0.15) is 6.42 Å². The molecule has 2 aromatic heterocycles. The highest BCUT2D eigenvalue weighted by atomic mass is 79.9. The molecule has 3 rings (SSSR count). The van der Waals surface area contributed by atoms with E-state index in [2.05, 4.69) is 25.9 Å². The standard InChI is InChI=1S/C12H10BrN3O/c13-9-6-10(17)16(7-9)12-11-8(3-5-15-12)2-1-4-14-11/h1-5,9H,6-7H2. The topological polar surface area (TPSA) is 46.1 Å². The smallest absolute Gasteiger partial charge is 0.229 e. The molecule has 0 spiro atoms. The van der Waals surface area contributed by atoms with Gasteiger partial charge >= 0.3 is 0 Å². The number of amides is 1. The van der Waals surface area contributed by atoms with E-state index in [0.717, 1.165) is 10.9 Å². The number of fused-ring (bicyclic) bond motifs is 1. The Bertz CT molecular complexity index is 581. The van der Waals surface area contributed by atoms with Gasteiger partial charge in [0.1, 0.15) is 5.52 Å². The first-order valence-corrected chi connectivity index (χ1v) is 6.31. The van der Waals surface area contributed by atoms with Gasteiger partial charge in [0.05, 0.1) is 0 Å². The predicted octanol–water partition coefficient (Wildman–Crippen LogP) is 2.13. The van der Waals surface area contributed by atoms with E-state index in [1.807, 2.05) is 18.2 Å². The molecule has 4 nitrogen and oxygen atoms in total. The van der Waals surface area contributed by atoms with Crippen LogP contribution >= 0.6 is 15.9 Å². The average molecular weight is 292 g/mol. The molecule has 17 heavy (non-hydrogen) atoms. The molecule has 0 aromatic carbocycles. The van der Waals surface area contributed by atoms with E-state index < -0.39 is 0 Å². The number of nitrogens with zero attached hydrogens (tertiary/aromatic N) is 3. The number of pyridine rings is 2. The third-order valence-corrected chi connectivity index (χ3v) is 3.45. The first kappa shape index (κ1) is 10.7. The maximum absolute atomic E-state index is 11.9. The van der Waals surface area contributed by atoms with Gasteiger partial charge in [0, 0.05) is 35.6 Å². The van der Waals surface area contributed by atoms with Gasteiger partial charge in [-0.15, -0.1) is 0 Å². The van der Waals surface area contributed by atoms with E-state index in [0.29, 0.717) is 18.8 Å². The highest BCUT2D eigenvalue weighted by Gasteiger charge is 2.30. The number of carbonyl (C=O) groups excluding carboxylic acids is 1. The highest BCUT2D eigenvalue weighted by Crippen LogP contribution is 2.28. The molecule has 1 unspecified atom stereocenters. The van der Waals surface area contributed by atoms with Crippen molar-refractivity contribution in [3.63, 3.8) is 0 Å². The second-order valence-corrected chi connectivity index (χ2v) is 5.31. The van der Waals surface area contributed by atoms with Gasteiger partial charge in [-0.3, -0.25) is 14.7 Å². The Balaban J connectivity index is 2.14. The van der Waals surface area contributed by atoms with Crippen LogP contribution in [-0.4, -0.2) is 27.2 Å². The molecule has 0 aliphatic carbocycles. The minimum Gasteiger partial charge on any atom is -0.294 e. The lowest BCUT2D eigenvalue weighted by Crippen LogP contribution is -2.25. The largest absolute Gasteiger partial charge is 0.294 e. The summed E-state index contributed by atoms with van der Waals surface area (Å²) in [5.74, 6) is 0.757. The quantitative estimate of drug-likeness (QED) is 0.756. The fraction of sp³-hybridized carbons (Fsp3) is 0.250. The fourth-order valence-corrected chi connectivity index (χ4v) is 2.62. The zero-order valence-corrected chi connectivity index (χ0v) is 10.6. The Morgan fingerprint density at radius 2 is 2.18 bits per heavy atom. The second kappa shape index (κ2) is 4.07. The summed E-state index contributed by atoms with van der Waals surface area (Å²) in [4.78, 5) is 22.4. The molecule has 0 bridgehead atoms. The van der Waals surface area contributed by atoms with Crippen molar-refractivity contribution < 1.29 is 4.79 Å². The number of anilines is 1. The van der Waals surface area contributed by atoms with Crippen LogP contribution in [0.5, 0.6) is 0 Å². The van der Waals surface area contributed by atoms with E-state index in [9.17, 15) is 4.79 Å². The van der Waals surface area contributed by atoms with Gasteiger partial charge in [-0.25, -0.2) is 4.98 Å². The molecule has 86 valence electrons. The Morgan fingerprint density at radius 1 is 1.29 bits per heavy atom. The molecule has 1 saturated heterocycles. The zero-order chi connectivity index (χ0) is 11.8. The molecule has 3 heterocycles. The normalized spacial score (nSPS) is 20.2. The monoisotopic (exact) mass is 291 g/mol.